The molecule has 18 heavy (non-hydrogen) atoms. The molecule has 1 saturated carbocycles. The lowest BCUT2D eigenvalue weighted by atomic mass is 9.81. The zero-order chi connectivity index (χ0) is 13.6. The van der Waals surface area contributed by atoms with E-state index in [0.717, 1.165) is 25.7 Å². The standard InChI is InChI=1S/C14H28N2OS/c1-4-14(5-2,10-15)13(17)16-11-7-6-8-12(9-11)18-3/h11-12H,4-10,15H2,1-3H3,(H,16,17). The van der Waals surface area contributed by atoms with Gasteiger partial charge in [-0.05, 0) is 38.4 Å². The summed E-state index contributed by atoms with van der Waals surface area (Å²) in [7, 11) is 0. The predicted octanol–water partition coefficient (Wildman–Crippen LogP) is 2.54. The van der Waals surface area contributed by atoms with Gasteiger partial charge in [0.2, 0.25) is 5.91 Å². The first-order valence-corrected chi connectivity index (χ1v) is 8.44. The van der Waals surface area contributed by atoms with E-state index >= 15 is 0 Å². The second-order valence-electron chi connectivity index (χ2n) is 5.39. The molecule has 1 aliphatic carbocycles. The molecule has 0 spiro atoms. The minimum Gasteiger partial charge on any atom is -0.353 e. The first kappa shape index (κ1) is 15.8. The Kier molecular flexibility index (Phi) is 6.50. The summed E-state index contributed by atoms with van der Waals surface area (Å²) < 4.78 is 0. The highest BCUT2D eigenvalue weighted by molar-refractivity contribution is 7.99. The molecule has 3 N–H and O–H groups in total. The largest absolute Gasteiger partial charge is 0.353 e. The maximum absolute atomic E-state index is 12.4. The lowest BCUT2D eigenvalue weighted by Gasteiger charge is -2.34. The Bertz CT molecular complexity index is 258. The minimum atomic E-state index is -0.355. The Morgan fingerprint density at radius 2 is 2.06 bits per heavy atom. The van der Waals surface area contributed by atoms with Gasteiger partial charge in [0.15, 0.2) is 0 Å². The van der Waals surface area contributed by atoms with Crippen molar-refractivity contribution >= 4 is 17.7 Å². The van der Waals surface area contributed by atoms with Crippen molar-refractivity contribution < 1.29 is 4.79 Å². The van der Waals surface area contributed by atoms with Crippen LogP contribution in [0.5, 0.6) is 0 Å². The summed E-state index contributed by atoms with van der Waals surface area (Å²) in [5.41, 5.74) is 5.47. The fourth-order valence-corrected chi connectivity index (χ4v) is 3.61. The molecule has 106 valence electrons. The van der Waals surface area contributed by atoms with Crippen LogP contribution in [0, 0.1) is 5.41 Å². The van der Waals surface area contributed by atoms with Crippen LogP contribution in [-0.4, -0.2) is 30.0 Å². The number of carbonyl (C=O) groups is 1. The van der Waals surface area contributed by atoms with E-state index < -0.39 is 0 Å². The highest BCUT2D eigenvalue weighted by Crippen LogP contribution is 2.29. The Balaban J connectivity index is 2.57. The fourth-order valence-electron chi connectivity index (χ4n) is 2.78. The molecule has 2 atom stereocenters. The number of carbonyl (C=O) groups excluding carboxylic acids is 1. The molecular weight excluding hydrogens is 244 g/mol. The SMILES string of the molecule is CCC(CC)(CN)C(=O)NC1CCCC(SC)C1. The molecule has 0 aromatic carbocycles. The molecule has 0 bridgehead atoms. The van der Waals surface area contributed by atoms with Gasteiger partial charge in [-0.25, -0.2) is 0 Å². The first-order chi connectivity index (χ1) is 8.61. The van der Waals surface area contributed by atoms with Crippen molar-refractivity contribution in [2.45, 2.75) is 63.7 Å². The van der Waals surface area contributed by atoms with Crippen molar-refractivity contribution in [3.05, 3.63) is 0 Å². The monoisotopic (exact) mass is 272 g/mol. The summed E-state index contributed by atoms with van der Waals surface area (Å²) in [6.07, 6.45) is 8.56. The van der Waals surface area contributed by atoms with E-state index in [4.69, 9.17) is 5.73 Å². The van der Waals surface area contributed by atoms with E-state index in [9.17, 15) is 4.79 Å². The van der Waals surface area contributed by atoms with Gasteiger partial charge in [-0.15, -0.1) is 0 Å². The van der Waals surface area contributed by atoms with Crippen molar-refractivity contribution in [2.24, 2.45) is 11.1 Å². The second kappa shape index (κ2) is 7.39. The van der Waals surface area contributed by atoms with Crippen LogP contribution in [0.1, 0.15) is 52.4 Å². The summed E-state index contributed by atoms with van der Waals surface area (Å²) in [5.74, 6) is 0.168. The topological polar surface area (TPSA) is 55.1 Å². The Labute approximate surface area is 116 Å². The maximum Gasteiger partial charge on any atom is 0.227 e. The molecule has 0 radical (unpaired) electrons. The van der Waals surface area contributed by atoms with Gasteiger partial charge in [0.05, 0.1) is 5.41 Å². The van der Waals surface area contributed by atoms with Gasteiger partial charge in [0, 0.05) is 17.8 Å². The highest BCUT2D eigenvalue weighted by Gasteiger charge is 2.35. The van der Waals surface area contributed by atoms with Gasteiger partial charge in [0.1, 0.15) is 0 Å². The predicted molar refractivity (Wildman–Crippen MR) is 79.8 cm³/mol. The maximum atomic E-state index is 12.4. The Morgan fingerprint density at radius 3 is 2.56 bits per heavy atom. The third-order valence-electron chi connectivity index (χ3n) is 4.52. The smallest absolute Gasteiger partial charge is 0.227 e. The first-order valence-electron chi connectivity index (χ1n) is 7.15. The highest BCUT2D eigenvalue weighted by atomic mass is 32.2. The van der Waals surface area contributed by atoms with E-state index in [1.807, 2.05) is 11.8 Å². The lowest BCUT2D eigenvalue weighted by molar-refractivity contribution is -0.132. The van der Waals surface area contributed by atoms with Crippen LogP contribution >= 0.6 is 11.8 Å². The molecule has 0 saturated heterocycles. The number of thioether (sulfide) groups is 1. The van der Waals surface area contributed by atoms with Crippen molar-refractivity contribution in [1.29, 1.82) is 0 Å². The Hall–Kier alpha value is -0.220. The van der Waals surface area contributed by atoms with Gasteiger partial charge >= 0.3 is 0 Å². The zero-order valence-corrected chi connectivity index (χ0v) is 12.8. The third-order valence-corrected chi connectivity index (χ3v) is 5.62. The molecule has 1 aliphatic rings. The molecule has 1 rings (SSSR count). The average molecular weight is 272 g/mol. The summed E-state index contributed by atoms with van der Waals surface area (Å²) >= 11 is 1.93. The number of rotatable bonds is 6. The summed E-state index contributed by atoms with van der Waals surface area (Å²) in [6, 6.07) is 0.354. The lowest BCUT2D eigenvalue weighted by Crippen LogP contribution is -2.50. The zero-order valence-electron chi connectivity index (χ0n) is 12.0. The molecule has 1 amide bonds. The summed E-state index contributed by atoms with van der Waals surface area (Å²) in [6.45, 7) is 4.56. The van der Waals surface area contributed by atoms with Crippen LogP contribution < -0.4 is 11.1 Å². The van der Waals surface area contributed by atoms with E-state index in [1.54, 1.807) is 0 Å². The molecule has 0 aromatic heterocycles. The summed E-state index contributed by atoms with van der Waals surface area (Å²) in [4.78, 5) is 12.4. The van der Waals surface area contributed by atoms with Crippen LogP contribution in [0.4, 0.5) is 0 Å². The second-order valence-corrected chi connectivity index (χ2v) is 6.52. The van der Waals surface area contributed by atoms with Crippen molar-refractivity contribution in [2.75, 3.05) is 12.8 Å². The van der Waals surface area contributed by atoms with Crippen molar-refractivity contribution in [3.63, 3.8) is 0 Å². The molecule has 0 aromatic rings. The van der Waals surface area contributed by atoms with Gasteiger partial charge in [-0.3, -0.25) is 4.79 Å². The Morgan fingerprint density at radius 1 is 1.39 bits per heavy atom. The van der Waals surface area contributed by atoms with Gasteiger partial charge < -0.3 is 11.1 Å². The molecule has 0 heterocycles. The number of amides is 1. The number of nitrogens with two attached hydrogens (primary N) is 1. The van der Waals surface area contributed by atoms with E-state index in [1.165, 1.54) is 12.8 Å². The van der Waals surface area contributed by atoms with Gasteiger partial charge in [-0.1, -0.05) is 20.3 Å². The number of hydrogen-bond donors (Lipinski definition) is 2. The molecule has 4 heteroatoms. The summed E-state index contributed by atoms with van der Waals surface area (Å²) in [5, 5.41) is 3.95. The molecular formula is C14H28N2OS. The van der Waals surface area contributed by atoms with Crippen LogP contribution in [0.3, 0.4) is 0 Å². The van der Waals surface area contributed by atoms with Crippen molar-refractivity contribution in [3.8, 4) is 0 Å². The molecule has 0 aliphatic heterocycles. The van der Waals surface area contributed by atoms with Crippen LogP contribution in [0.25, 0.3) is 0 Å². The van der Waals surface area contributed by atoms with E-state index in [0.29, 0.717) is 17.8 Å². The number of hydrogen-bond acceptors (Lipinski definition) is 3. The van der Waals surface area contributed by atoms with Crippen LogP contribution in [0.15, 0.2) is 0 Å². The number of nitrogens with one attached hydrogen (secondary N) is 1. The van der Waals surface area contributed by atoms with Crippen molar-refractivity contribution in [1.82, 2.24) is 5.32 Å². The average Bonchev–Trinajstić information content (AvgIpc) is 2.41. The third kappa shape index (κ3) is 3.64. The van der Waals surface area contributed by atoms with E-state index in [-0.39, 0.29) is 11.3 Å². The van der Waals surface area contributed by atoms with Crippen LogP contribution in [0.2, 0.25) is 0 Å². The minimum absolute atomic E-state index is 0.168. The van der Waals surface area contributed by atoms with Gasteiger partial charge in [-0.2, -0.15) is 11.8 Å². The quantitative estimate of drug-likeness (QED) is 0.781. The normalized spacial score (nSPS) is 24.9. The van der Waals surface area contributed by atoms with Gasteiger partial charge in [0.25, 0.3) is 0 Å². The fraction of sp³-hybridized carbons (Fsp3) is 0.929. The molecule has 2 unspecified atom stereocenters. The van der Waals surface area contributed by atoms with E-state index in [2.05, 4.69) is 25.4 Å². The van der Waals surface area contributed by atoms with Crippen LogP contribution in [-0.2, 0) is 4.79 Å². The molecule has 3 nitrogen and oxygen atoms in total. The molecule has 1 fully saturated rings.